The van der Waals surface area contributed by atoms with E-state index >= 15 is 0 Å². The molecule has 0 radical (unpaired) electrons. The molecule has 1 amide bonds. The number of benzene rings is 2. The third-order valence-corrected chi connectivity index (χ3v) is 4.43. The molecule has 0 fully saturated rings. The van der Waals surface area contributed by atoms with E-state index in [0.29, 0.717) is 12.4 Å². The van der Waals surface area contributed by atoms with Gasteiger partial charge in [-0.25, -0.2) is 24.8 Å². The summed E-state index contributed by atoms with van der Waals surface area (Å²) in [6.07, 6.45) is 1.31. The Balaban J connectivity index is 1.37. The van der Waals surface area contributed by atoms with Gasteiger partial charge in [0.2, 0.25) is 5.95 Å². The van der Waals surface area contributed by atoms with Crippen molar-refractivity contribution in [2.45, 2.75) is 19.8 Å². The Hall–Kier alpha value is -3.85. The predicted molar refractivity (Wildman–Crippen MR) is 111 cm³/mol. The van der Waals surface area contributed by atoms with E-state index in [1.165, 1.54) is 6.20 Å². The molecule has 0 saturated carbocycles. The van der Waals surface area contributed by atoms with Gasteiger partial charge in [0, 0.05) is 12.7 Å². The van der Waals surface area contributed by atoms with Crippen molar-refractivity contribution in [3.8, 4) is 0 Å². The lowest BCUT2D eigenvalue weighted by Gasteiger charge is -2.10. The number of carbonyl (C=O) groups is 1. The predicted octanol–water partition coefficient (Wildman–Crippen LogP) is 2.87. The molecule has 152 valence electrons. The minimum absolute atomic E-state index is 0.0103. The van der Waals surface area contributed by atoms with Gasteiger partial charge in [-0.15, -0.1) is 0 Å². The molecule has 0 atom stereocenters. The largest absolute Gasteiger partial charge is 0.345 e. The van der Waals surface area contributed by atoms with Gasteiger partial charge in [0.25, 0.3) is 5.91 Å². The van der Waals surface area contributed by atoms with Crippen LogP contribution in [0.5, 0.6) is 0 Å². The number of nitrogens with zero attached hydrogens (tertiary/aromatic N) is 3. The average molecular weight is 405 g/mol. The standard InChI is InChI=1S/C21H20FN7O/c22-10-18-15(12-24-21(28-18)29-25-11-14-6-2-1-3-7-14)20(30)23-13-19-26-16-8-4-5-9-17(16)27-19/h1-9,12,25H,10-11,13H2,(H,23,30)(H,26,27)(H,24,28,29). The molecule has 8 nitrogen and oxygen atoms in total. The minimum atomic E-state index is -0.886. The van der Waals surface area contributed by atoms with E-state index in [-0.39, 0.29) is 23.8 Å². The van der Waals surface area contributed by atoms with Crippen molar-refractivity contribution in [3.63, 3.8) is 0 Å². The number of nitrogens with one attached hydrogen (secondary N) is 4. The van der Waals surface area contributed by atoms with E-state index in [9.17, 15) is 9.18 Å². The quantitative estimate of drug-likeness (QED) is 0.336. The maximum Gasteiger partial charge on any atom is 0.255 e. The highest BCUT2D eigenvalue weighted by Crippen LogP contribution is 2.12. The van der Waals surface area contributed by atoms with Gasteiger partial charge in [0.1, 0.15) is 12.5 Å². The number of aromatic nitrogens is 4. The van der Waals surface area contributed by atoms with Crippen LogP contribution in [-0.2, 0) is 19.8 Å². The number of fused-ring (bicyclic) bond motifs is 1. The highest BCUT2D eigenvalue weighted by molar-refractivity contribution is 5.95. The fourth-order valence-electron chi connectivity index (χ4n) is 2.94. The van der Waals surface area contributed by atoms with Crippen molar-refractivity contribution in [2.24, 2.45) is 0 Å². The fourth-order valence-corrected chi connectivity index (χ4v) is 2.94. The summed E-state index contributed by atoms with van der Waals surface area (Å²) in [7, 11) is 0. The van der Waals surface area contributed by atoms with Crippen LogP contribution in [0.4, 0.5) is 10.3 Å². The average Bonchev–Trinajstić information content (AvgIpc) is 3.21. The Morgan fingerprint density at radius 2 is 1.80 bits per heavy atom. The van der Waals surface area contributed by atoms with Crippen LogP contribution < -0.4 is 16.2 Å². The van der Waals surface area contributed by atoms with Gasteiger partial charge in [-0.1, -0.05) is 42.5 Å². The van der Waals surface area contributed by atoms with Crippen molar-refractivity contribution in [1.82, 2.24) is 30.7 Å². The maximum absolute atomic E-state index is 13.5. The van der Waals surface area contributed by atoms with E-state index < -0.39 is 12.6 Å². The molecule has 2 heterocycles. The number of para-hydroxylation sites is 2. The van der Waals surface area contributed by atoms with E-state index in [4.69, 9.17) is 0 Å². The highest BCUT2D eigenvalue weighted by atomic mass is 19.1. The topological polar surface area (TPSA) is 108 Å². The number of H-pyrrole nitrogens is 1. The molecule has 0 spiro atoms. The summed E-state index contributed by atoms with van der Waals surface area (Å²) in [5.41, 5.74) is 8.65. The van der Waals surface area contributed by atoms with Crippen molar-refractivity contribution in [2.75, 3.05) is 5.43 Å². The minimum Gasteiger partial charge on any atom is -0.345 e. The molecule has 2 aromatic carbocycles. The maximum atomic E-state index is 13.5. The molecular weight excluding hydrogens is 385 g/mol. The zero-order valence-electron chi connectivity index (χ0n) is 16.0. The number of rotatable bonds is 8. The van der Waals surface area contributed by atoms with Crippen LogP contribution >= 0.6 is 0 Å². The smallest absolute Gasteiger partial charge is 0.255 e. The van der Waals surface area contributed by atoms with Crippen molar-refractivity contribution >= 4 is 22.9 Å². The molecule has 4 N–H and O–H groups in total. The Bertz CT molecular complexity index is 1110. The van der Waals surface area contributed by atoms with E-state index in [2.05, 4.69) is 36.1 Å². The third-order valence-electron chi connectivity index (χ3n) is 4.43. The first-order valence-electron chi connectivity index (χ1n) is 9.39. The van der Waals surface area contributed by atoms with Gasteiger partial charge < -0.3 is 10.3 Å². The molecule has 2 aromatic heterocycles. The van der Waals surface area contributed by atoms with Crippen LogP contribution in [0.25, 0.3) is 11.0 Å². The molecule has 4 rings (SSSR count). The Morgan fingerprint density at radius 3 is 2.60 bits per heavy atom. The Labute approximate surface area is 172 Å². The van der Waals surface area contributed by atoms with Gasteiger partial charge in [-0.05, 0) is 17.7 Å². The van der Waals surface area contributed by atoms with Crippen molar-refractivity contribution in [1.29, 1.82) is 0 Å². The van der Waals surface area contributed by atoms with Gasteiger partial charge in [-0.3, -0.25) is 10.2 Å². The molecule has 30 heavy (non-hydrogen) atoms. The summed E-state index contributed by atoms with van der Waals surface area (Å²) >= 11 is 0. The van der Waals surface area contributed by atoms with Crippen molar-refractivity contribution < 1.29 is 9.18 Å². The van der Waals surface area contributed by atoms with Crippen LogP contribution in [0.3, 0.4) is 0 Å². The number of hydrogen-bond donors (Lipinski definition) is 4. The van der Waals surface area contributed by atoms with Crippen LogP contribution in [0.1, 0.15) is 27.4 Å². The Morgan fingerprint density at radius 1 is 1.00 bits per heavy atom. The summed E-state index contributed by atoms with van der Waals surface area (Å²) < 4.78 is 13.5. The first-order chi connectivity index (χ1) is 14.7. The second kappa shape index (κ2) is 9.10. The SMILES string of the molecule is O=C(NCc1nc2ccccc2[nH]1)c1cnc(NNCc2ccccc2)nc1CF. The number of anilines is 1. The molecule has 0 bridgehead atoms. The zero-order valence-corrected chi connectivity index (χ0v) is 16.0. The normalized spacial score (nSPS) is 10.8. The molecule has 0 aliphatic heterocycles. The lowest BCUT2D eigenvalue weighted by molar-refractivity contribution is 0.0947. The van der Waals surface area contributed by atoms with Crippen LogP contribution in [0.2, 0.25) is 0 Å². The molecule has 0 aliphatic carbocycles. The lowest BCUT2D eigenvalue weighted by Crippen LogP contribution is -2.26. The van der Waals surface area contributed by atoms with Gasteiger partial charge in [0.15, 0.2) is 0 Å². The Kier molecular flexibility index (Phi) is 5.90. The fraction of sp³-hybridized carbons (Fsp3) is 0.143. The number of amides is 1. The van der Waals surface area contributed by atoms with Gasteiger partial charge >= 0.3 is 0 Å². The van der Waals surface area contributed by atoms with E-state index in [1.54, 1.807) is 0 Å². The monoisotopic (exact) mass is 405 g/mol. The van der Waals surface area contributed by atoms with Crippen LogP contribution in [0.15, 0.2) is 60.8 Å². The van der Waals surface area contributed by atoms with Gasteiger partial charge in [0.05, 0.1) is 28.8 Å². The summed E-state index contributed by atoms with van der Waals surface area (Å²) in [5, 5.41) is 2.72. The first kappa shape index (κ1) is 19.5. The molecule has 0 saturated heterocycles. The number of aromatic amines is 1. The number of hydrazine groups is 1. The third kappa shape index (κ3) is 4.58. The number of halogens is 1. The van der Waals surface area contributed by atoms with Gasteiger partial charge in [-0.2, -0.15) is 0 Å². The number of carbonyl (C=O) groups excluding carboxylic acids is 1. The second-order valence-electron chi connectivity index (χ2n) is 6.54. The molecular formula is C21H20FN7O. The highest BCUT2D eigenvalue weighted by Gasteiger charge is 2.15. The van der Waals surface area contributed by atoms with Crippen LogP contribution in [-0.4, -0.2) is 25.8 Å². The molecule has 4 aromatic rings. The van der Waals surface area contributed by atoms with Crippen molar-refractivity contribution in [3.05, 3.63) is 83.4 Å². The number of hydrogen-bond acceptors (Lipinski definition) is 6. The summed E-state index contributed by atoms with van der Waals surface area (Å²) in [4.78, 5) is 28.2. The second-order valence-corrected chi connectivity index (χ2v) is 6.54. The number of imidazole rings is 1. The van der Waals surface area contributed by atoms with E-state index in [1.807, 2.05) is 54.6 Å². The zero-order chi connectivity index (χ0) is 20.8. The molecule has 9 heteroatoms. The summed E-state index contributed by atoms with van der Waals surface area (Å²) in [6, 6.07) is 17.3. The summed E-state index contributed by atoms with van der Waals surface area (Å²) in [5.74, 6) is 0.329. The molecule has 0 unspecified atom stereocenters. The van der Waals surface area contributed by atoms with E-state index in [0.717, 1.165) is 16.6 Å². The lowest BCUT2D eigenvalue weighted by atomic mass is 10.2. The van der Waals surface area contributed by atoms with Crippen LogP contribution in [0, 0.1) is 0 Å². The first-order valence-corrected chi connectivity index (χ1v) is 9.39. The summed E-state index contributed by atoms with van der Waals surface area (Å²) in [6.45, 7) is -0.171. The number of alkyl halides is 1. The molecule has 0 aliphatic rings.